The fourth-order valence-electron chi connectivity index (χ4n) is 5.84. The van der Waals surface area contributed by atoms with Crippen molar-refractivity contribution in [3.8, 4) is 0 Å². The number of unbranched alkanes of at least 4 members (excludes halogenated alkanes) is 13. The number of allylic oxidation sites excluding steroid dienone is 14. The fourth-order valence-corrected chi connectivity index (χ4v) is 6.56. The molecule has 0 saturated heterocycles. The highest BCUT2D eigenvalue weighted by molar-refractivity contribution is 7.45. The minimum Gasteiger partial charge on any atom is -0.756 e. The number of nitrogens with zero attached hydrogens (tertiary/aromatic N) is 1. The van der Waals surface area contributed by atoms with Gasteiger partial charge in [-0.2, -0.15) is 0 Å². The molecule has 0 aliphatic rings. The van der Waals surface area contributed by atoms with E-state index >= 15 is 0 Å². The summed E-state index contributed by atoms with van der Waals surface area (Å²) in [5.41, 5.74) is 0. The Morgan fingerprint density at radius 2 is 0.900 bits per heavy atom. The average molecular weight is 860 g/mol. The molecular weight excluding hydrogens is 774 g/mol. The lowest BCUT2D eigenvalue weighted by Crippen LogP contribution is -2.37. The van der Waals surface area contributed by atoms with Crippen LogP contribution in [0.2, 0.25) is 0 Å². The van der Waals surface area contributed by atoms with E-state index in [-0.39, 0.29) is 26.1 Å². The van der Waals surface area contributed by atoms with E-state index < -0.39 is 32.5 Å². The van der Waals surface area contributed by atoms with E-state index in [4.69, 9.17) is 18.5 Å². The van der Waals surface area contributed by atoms with Crippen molar-refractivity contribution < 1.29 is 42.1 Å². The SMILES string of the molecule is CC/C=C\C/C=C\C/C=C\C/C=C\CCCCCCCCCCCCC(=O)OC(COC(=O)CCCCC/C=C\C/C=C\C/C=C\CC)COP(=O)([O-])OCC[N+](C)(C)C. The molecule has 60 heavy (non-hydrogen) atoms. The molecule has 0 amide bonds. The van der Waals surface area contributed by atoms with E-state index in [1.54, 1.807) is 0 Å². The van der Waals surface area contributed by atoms with Crippen molar-refractivity contribution >= 4 is 19.8 Å². The molecule has 0 fully saturated rings. The summed E-state index contributed by atoms with van der Waals surface area (Å²) < 4.78 is 33.9. The van der Waals surface area contributed by atoms with Gasteiger partial charge < -0.3 is 27.9 Å². The van der Waals surface area contributed by atoms with Crippen molar-refractivity contribution in [1.29, 1.82) is 0 Å². The van der Waals surface area contributed by atoms with Gasteiger partial charge in [0.05, 0.1) is 27.7 Å². The van der Waals surface area contributed by atoms with Crippen LogP contribution in [0, 0.1) is 0 Å². The first-order valence-corrected chi connectivity index (χ1v) is 24.8. The standard InChI is InChI=1S/C50H86NO8P/c1-6-8-10-12-14-16-18-20-21-22-23-24-25-26-27-28-29-31-33-35-37-39-41-43-50(53)59-48(47-58-60(54,55)57-45-44-51(3,4)5)46-56-49(52)42-40-38-36-34-32-30-19-17-15-13-11-9-7-2/h8-11,14-17,20-21,23-24,30,32,48H,6-7,12-13,18-19,22,25-29,31,33-47H2,1-5H3/b10-8-,11-9-,16-14-,17-15-,21-20-,24-23-,32-30-. The molecule has 0 aromatic rings. The molecule has 0 spiro atoms. The normalized spacial score (nSPS) is 14.3. The van der Waals surface area contributed by atoms with Crippen LogP contribution < -0.4 is 4.89 Å². The Morgan fingerprint density at radius 3 is 1.35 bits per heavy atom. The molecule has 0 bridgehead atoms. The molecule has 2 unspecified atom stereocenters. The predicted octanol–water partition coefficient (Wildman–Crippen LogP) is 12.9. The number of likely N-dealkylation sites (N-methyl/N-ethyl adjacent to an activating group) is 1. The zero-order valence-electron chi connectivity index (χ0n) is 38.6. The maximum Gasteiger partial charge on any atom is 0.306 e. The zero-order valence-corrected chi connectivity index (χ0v) is 39.5. The Hall–Kier alpha value is -2.81. The molecule has 0 aliphatic carbocycles. The van der Waals surface area contributed by atoms with E-state index in [1.807, 2.05) is 21.1 Å². The van der Waals surface area contributed by atoms with Gasteiger partial charge in [0.1, 0.15) is 19.8 Å². The van der Waals surface area contributed by atoms with Crippen LogP contribution in [0.25, 0.3) is 0 Å². The zero-order chi connectivity index (χ0) is 44.3. The first-order chi connectivity index (χ1) is 29.0. The summed E-state index contributed by atoms with van der Waals surface area (Å²) >= 11 is 0. The fraction of sp³-hybridized carbons (Fsp3) is 0.680. The molecule has 0 rings (SSSR count). The van der Waals surface area contributed by atoms with Gasteiger partial charge in [-0.05, 0) is 83.5 Å². The number of ether oxygens (including phenoxy) is 2. The van der Waals surface area contributed by atoms with Gasteiger partial charge in [0.2, 0.25) is 0 Å². The highest BCUT2D eigenvalue weighted by Gasteiger charge is 2.21. The molecule has 0 aliphatic heterocycles. The quantitative estimate of drug-likeness (QED) is 0.0196. The number of esters is 2. The lowest BCUT2D eigenvalue weighted by molar-refractivity contribution is -0.870. The molecule has 0 saturated carbocycles. The van der Waals surface area contributed by atoms with E-state index in [2.05, 4.69) is 98.9 Å². The Morgan fingerprint density at radius 1 is 0.517 bits per heavy atom. The minimum atomic E-state index is -4.64. The summed E-state index contributed by atoms with van der Waals surface area (Å²) in [4.78, 5) is 37.6. The van der Waals surface area contributed by atoms with Crippen molar-refractivity contribution in [1.82, 2.24) is 0 Å². The third-order valence-electron chi connectivity index (χ3n) is 9.41. The number of rotatable bonds is 41. The highest BCUT2D eigenvalue weighted by Crippen LogP contribution is 2.38. The second-order valence-electron chi connectivity index (χ2n) is 16.4. The van der Waals surface area contributed by atoms with Crippen molar-refractivity contribution in [3.63, 3.8) is 0 Å². The monoisotopic (exact) mass is 860 g/mol. The molecule has 10 heteroatoms. The van der Waals surface area contributed by atoms with Crippen LogP contribution in [0.3, 0.4) is 0 Å². The van der Waals surface area contributed by atoms with Gasteiger partial charge in [-0.3, -0.25) is 14.2 Å². The Balaban J connectivity index is 4.31. The molecule has 2 atom stereocenters. The van der Waals surface area contributed by atoms with Gasteiger partial charge >= 0.3 is 11.9 Å². The van der Waals surface area contributed by atoms with Gasteiger partial charge in [-0.1, -0.05) is 157 Å². The van der Waals surface area contributed by atoms with Crippen LogP contribution in [0.15, 0.2) is 85.1 Å². The highest BCUT2D eigenvalue weighted by atomic mass is 31.2. The number of hydrogen-bond acceptors (Lipinski definition) is 8. The predicted molar refractivity (Wildman–Crippen MR) is 249 cm³/mol. The van der Waals surface area contributed by atoms with Crippen LogP contribution in [0.5, 0.6) is 0 Å². The van der Waals surface area contributed by atoms with E-state index in [1.165, 1.54) is 38.5 Å². The maximum absolute atomic E-state index is 12.7. The molecule has 9 nitrogen and oxygen atoms in total. The molecule has 0 radical (unpaired) electrons. The smallest absolute Gasteiger partial charge is 0.306 e. The van der Waals surface area contributed by atoms with E-state index in [9.17, 15) is 19.0 Å². The molecule has 0 heterocycles. The van der Waals surface area contributed by atoms with Crippen LogP contribution in [0.1, 0.15) is 168 Å². The number of carbonyl (C=O) groups excluding carboxylic acids is 2. The summed E-state index contributed by atoms with van der Waals surface area (Å²) in [6.07, 6.45) is 53.3. The van der Waals surface area contributed by atoms with Gasteiger partial charge in [-0.25, -0.2) is 0 Å². The largest absolute Gasteiger partial charge is 0.756 e. The van der Waals surface area contributed by atoms with Gasteiger partial charge in [-0.15, -0.1) is 0 Å². The number of hydrogen-bond donors (Lipinski definition) is 0. The summed E-state index contributed by atoms with van der Waals surface area (Å²) in [6.45, 7) is 3.94. The summed E-state index contributed by atoms with van der Waals surface area (Å²) in [7, 11) is 1.13. The van der Waals surface area contributed by atoms with Crippen molar-refractivity contribution in [2.75, 3.05) is 47.5 Å². The first-order valence-electron chi connectivity index (χ1n) is 23.3. The molecule has 0 aromatic carbocycles. The maximum atomic E-state index is 12.7. The third kappa shape index (κ3) is 44.7. The number of carbonyl (C=O) groups is 2. The second kappa shape index (κ2) is 41.5. The van der Waals surface area contributed by atoms with Crippen LogP contribution >= 0.6 is 7.82 Å². The third-order valence-corrected chi connectivity index (χ3v) is 10.4. The number of phosphoric ester groups is 1. The second-order valence-corrected chi connectivity index (χ2v) is 17.8. The topological polar surface area (TPSA) is 111 Å². The van der Waals surface area contributed by atoms with Crippen LogP contribution in [0.4, 0.5) is 0 Å². The van der Waals surface area contributed by atoms with Crippen LogP contribution in [-0.4, -0.2) is 70.0 Å². The lowest BCUT2D eigenvalue weighted by atomic mass is 10.0. The summed E-state index contributed by atoms with van der Waals surface area (Å²) in [6, 6.07) is 0. The molecule has 0 aromatic heterocycles. The van der Waals surface area contributed by atoms with Crippen LogP contribution in [-0.2, 0) is 32.7 Å². The Kier molecular flexibility index (Phi) is 39.6. The number of phosphoric acid groups is 1. The molecule has 344 valence electrons. The molecule has 0 N–H and O–H groups in total. The van der Waals surface area contributed by atoms with Crippen molar-refractivity contribution in [3.05, 3.63) is 85.1 Å². The van der Waals surface area contributed by atoms with Crippen molar-refractivity contribution in [2.45, 2.75) is 174 Å². The summed E-state index contributed by atoms with van der Waals surface area (Å²) in [5, 5.41) is 0. The van der Waals surface area contributed by atoms with Gasteiger partial charge in [0, 0.05) is 12.8 Å². The van der Waals surface area contributed by atoms with Gasteiger partial charge in [0.25, 0.3) is 7.82 Å². The average Bonchev–Trinajstić information content (AvgIpc) is 3.20. The summed E-state index contributed by atoms with van der Waals surface area (Å²) in [5.74, 6) is -0.881. The lowest BCUT2D eigenvalue weighted by Gasteiger charge is -2.28. The molecular formula is C50H86NO8P. The number of quaternary nitrogens is 1. The minimum absolute atomic E-state index is 0.0409. The van der Waals surface area contributed by atoms with E-state index in [0.29, 0.717) is 23.9 Å². The van der Waals surface area contributed by atoms with E-state index in [0.717, 1.165) is 89.9 Å². The first kappa shape index (κ1) is 57.2. The Bertz CT molecular complexity index is 1290. The van der Waals surface area contributed by atoms with Gasteiger partial charge in [0.15, 0.2) is 6.10 Å². The Labute approximate surface area is 367 Å². The van der Waals surface area contributed by atoms with Crippen molar-refractivity contribution in [2.24, 2.45) is 0 Å².